The van der Waals surface area contributed by atoms with Crippen LogP contribution in [-0.2, 0) is 28.0 Å². The Balaban J connectivity index is 1.39. The van der Waals surface area contributed by atoms with Gasteiger partial charge in [0.15, 0.2) is 0 Å². The zero-order valence-electron chi connectivity index (χ0n) is 14.7. The first-order chi connectivity index (χ1) is 13.1. The Morgan fingerprint density at radius 2 is 2.11 bits per heavy atom. The molecule has 2 aromatic rings. The Hall–Kier alpha value is -3.07. The van der Waals surface area contributed by atoms with Gasteiger partial charge in [-0.15, -0.1) is 16.9 Å². The van der Waals surface area contributed by atoms with Gasteiger partial charge in [0.25, 0.3) is 5.91 Å². The third-order valence-corrected chi connectivity index (χ3v) is 5.28. The lowest BCUT2D eigenvalue weighted by atomic mass is 10.0. The normalized spacial score (nSPS) is 19.6. The van der Waals surface area contributed by atoms with E-state index in [0.29, 0.717) is 11.3 Å². The van der Waals surface area contributed by atoms with Gasteiger partial charge in [-0.05, 0) is 23.8 Å². The summed E-state index contributed by atoms with van der Waals surface area (Å²) < 4.78 is 12.0. The van der Waals surface area contributed by atoms with Crippen LogP contribution in [0, 0.1) is 0 Å². The SMILES string of the molecule is COc1ccc(COC(=O)C2=CSC3/C(=C/c4cn(C)nn4)C(=O)N23)cc1. The molecule has 2 aliphatic heterocycles. The van der Waals surface area contributed by atoms with E-state index in [2.05, 4.69) is 10.3 Å². The van der Waals surface area contributed by atoms with E-state index in [4.69, 9.17) is 9.47 Å². The van der Waals surface area contributed by atoms with E-state index < -0.39 is 5.97 Å². The molecule has 3 heterocycles. The summed E-state index contributed by atoms with van der Waals surface area (Å²) in [6.07, 6.45) is 3.42. The van der Waals surface area contributed by atoms with Crippen molar-refractivity contribution in [1.82, 2.24) is 19.9 Å². The van der Waals surface area contributed by atoms with Crippen molar-refractivity contribution in [3.05, 3.63) is 58.4 Å². The molecule has 1 fully saturated rings. The van der Waals surface area contributed by atoms with E-state index in [1.807, 2.05) is 12.1 Å². The number of amides is 1. The van der Waals surface area contributed by atoms with Gasteiger partial charge in [-0.1, -0.05) is 17.3 Å². The van der Waals surface area contributed by atoms with E-state index in [0.717, 1.165) is 11.3 Å². The average Bonchev–Trinajstić information content (AvgIpc) is 3.28. The third kappa shape index (κ3) is 3.21. The van der Waals surface area contributed by atoms with Crippen molar-refractivity contribution in [2.24, 2.45) is 7.05 Å². The minimum absolute atomic E-state index is 0.125. The zero-order valence-corrected chi connectivity index (χ0v) is 15.5. The number of fused-ring (bicyclic) bond motifs is 1. The largest absolute Gasteiger partial charge is 0.497 e. The zero-order chi connectivity index (χ0) is 19.0. The van der Waals surface area contributed by atoms with Crippen LogP contribution >= 0.6 is 11.8 Å². The number of nitrogens with zero attached hydrogens (tertiary/aromatic N) is 4. The van der Waals surface area contributed by atoms with Crippen LogP contribution in [-0.4, -0.2) is 44.3 Å². The molecule has 1 saturated heterocycles. The number of benzene rings is 1. The fourth-order valence-electron chi connectivity index (χ4n) is 2.79. The van der Waals surface area contributed by atoms with Crippen molar-refractivity contribution >= 4 is 29.7 Å². The number of hydrogen-bond acceptors (Lipinski definition) is 7. The number of aryl methyl sites for hydroxylation is 1. The number of hydrogen-bond donors (Lipinski definition) is 0. The highest BCUT2D eigenvalue weighted by Gasteiger charge is 2.49. The summed E-state index contributed by atoms with van der Waals surface area (Å²) in [6.45, 7) is 0.125. The van der Waals surface area contributed by atoms with E-state index in [-0.39, 0.29) is 23.6 Å². The maximum absolute atomic E-state index is 12.4. The van der Waals surface area contributed by atoms with E-state index in [1.165, 1.54) is 16.7 Å². The summed E-state index contributed by atoms with van der Waals surface area (Å²) in [6, 6.07) is 7.24. The second-order valence-corrected chi connectivity index (χ2v) is 6.96. The van der Waals surface area contributed by atoms with Gasteiger partial charge in [-0.2, -0.15) is 0 Å². The molecule has 0 saturated carbocycles. The maximum atomic E-state index is 12.4. The summed E-state index contributed by atoms with van der Waals surface area (Å²) in [4.78, 5) is 26.3. The first-order valence-electron chi connectivity index (χ1n) is 8.14. The number of rotatable bonds is 5. The molecule has 1 aromatic heterocycles. The summed E-state index contributed by atoms with van der Waals surface area (Å²) in [7, 11) is 3.35. The van der Waals surface area contributed by atoms with Crippen molar-refractivity contribution < 1.29 is 19.1 Å². The molecule has 0 radical (unpaired) electrons. The van der Waals surface area contributed by atoms with Crippen LogP contribution in [0.1, 0.15) is 11.3 Å². The lowest BCUT2D eigenvalue weighted by molar-refractivity contribution is -0.146. The van der Waals surface area contributed by atoms with Crippen molar-refractivity contribution in [3.63, 3.8) is 0 Å². The smallest absolute Gasteiger partial charge is 0.355 e. The van der Waals surface area contributed by atoms with Gasteiger partial charge in [0.2, 0.25) is 0 Å². The standard InChI is InChI=1S/C18H16N4O4S/c1-21-8-12(19-20-21)7-14-16(23)22-15(10-27-17(14)22)18(24)26-9-11-3-5-13(25-2)6-4-11/h3-8,10,17H,9H2,1-2H3/b14-7+. The molecule has 1 atom stereocenters. The Morgan fingerprint density at radius 1 is 1.33 bits per heavy atom. The lowest BCUT2D eigenvalue weighted by Crippen LogP contribution is -2.51. The second-order valence-electron chi connectivity index (χ2n) is 6.01. The number of ether oxygens (including phenoxy) is 2. The predicted octanol–water partition coefficient (Wildman–Crippen LogP) is 1.71. The van der Waals surface area contributed by atoms with Gasteiger partial charge >= 0.3 is 5.97 Å². The fraction of sp³-hybridized carbons (Fsp3) is 0.222. The fourth-order valence-corrected chi connectivity index (χ4v) is 3.91. The van der Waals surface area contributed by atoms with E-state index in [1.54, 1.807) is 48.7 Å². The molecule has 2 aliphatic rings. The quantitative estimate of drug-likeness (QED) is 0.441. The Bertz CT molecular complexity index is 964. The van der Waals surface area contributed by atoms with Crippen LogP contribution in [0.4, 0.5) is 0 Å². The number of aromatic nitrogens is 3. The molecule has 0 N–H and O–H groups in total. The van der Waals surface area contributed by atoms with Gasteiger partial charge in [-0.3, -0.25) is 14.4 Å². The van der Waals surface area contributed by atoms with Gasteiger partial charge in [0, 0.05) is 12.5 Å². The van der Waals surface area contributed by atoms with Crippen molar-refractivity contribution in [3.8, 4) is 5.75 Å². The number of thioether (sulfide) groups is 1. The molecule has 9 heteroatoms. The summed E-state index contributed by atoms with van der Waals surface area (Å²) in [5.74, 6) is -0.00700. The van der Waals surface area contributed by atoms with E-state index >= 15 is 0 Å². The topological polar surface area (TPSA) is 86.5 Å². The highest BCUT2D eigenvalue weighted by Crippen LogP contribution is 2.45. The molecule has 4 rings (SSSR count). The molecular formula is C18H16N4O4S. The monoisotopic (exact) mass is 384 g/mol. The summed E-state index contributed by atoms with van der Waals surface area (Å²) in [5, 5.41) is 9.24. The molecule has 0 bridgehead atoms. The molecular weight excluding hydrogens is 368 g/mol. The number of esters is 1. The van der Waals surface area contributed by atoms with Gasteiger partial charge in [-0.25, -0.2) is 4.79 Å². The van der Waals surface area contributed by atoms with Crippen LogP contribution in [0.25, 0.3) is 6.08 Å². The van der Waals surface area contributed by atoms with Gasteiger partial charge in [0.1, 0.15) is 29.1 Å². The highest BCUT2D eigenvalue weighted by molar-refractivity contribution is 8.03. The minimum atomic E-state index is -0.521. The minimum Gasteiger partial charge on any atom is -0.497 e. The molecule has 1 aromatic carbocycles. The van der Waals surface area contributed by atoms with Crippen molar-refractivity contribution in [2.45, 2.75) is 12.0 Å². The van der Waals surface area contributed by atoms with Crippen LogP contribution < -0.4 is 4.74 Å². The van der Waals surface area contributed by atoms with Crippen molar-refractivity contribution in [1.29, 1.82) is 0 Å². The first kappa shape index (κ1) is 17.3. The molecule has 0 aliphatic carbocycles. The summed E-state index contributed by atoms with van der Waals surface area (Å²) in [5.41, 5.74) is 2.30. The second kappa shape index (κ2) is 6.92. The van der Waals surface area contributed by atoms with Crippen LogP contribution in [0.3, 0.4) is 0 Å². The highest BCUT2D eigenvalue weighted by atomic mass is 32.2. The van der Waals surface area contributed by atoms with Crippen LogP contribution in [0.2, 0.25) is 0 Å². The van der Waals surface area contributed by atoms with Crippen LogP contribution in [0.15, 0.2) is 47.1 Å². The Morgan fingerprint density at radius 3 is 2.78 bits per heavy atom. The Kier molecular flexibility index (Phi) is 4.44. The lowest BCUT2D eigenvalue weighted by Gasteiger charge is -2.37. The van der Waals surface area contributed by atoms with Gasteiger partial charge < -0.3 is 9.47 Å². The molecule has 1 unspecified atom stereocenters. The first-order valence-corrected chi connectivity index (χ1v) is 9.08. The molecule has 0 spiro atoms. The molecule has 8 nitrogen and oxygen atoms in total. The number of carbonyl (C=O) groups is 2. The average molecular weight is 384 g/mol. The van der Waals surface area contributed by atoms with Gasteiger partial charge in [0.05, 0.1) is 18.9 Å². The number of β-lactam (4-membered cyclic amide) rings is 1. The number of carbonyl (C=O) groups excluding carboxylic acids is 2. The maximum Gasteiger partial charge on any atom is 0.355 e. The summed E-state index contributed by atoms with van der Waals surface area (Å²) >= 11 is 1.40. The third-order valence-electron chi connectivity index (χ3n) is 4.20. The number of methoxy groups -OCH3 is 1. The predicted molar refractivity (Wildman–Crippen MR) is 98.1 cm³/mol. The van der Waals surface area contributed by atoms with E-state index in [9.17, 15) is 9.59 Å². The Labute approximate surface area is 159 Å². The van der Waals surface area contributed by atoms with Crippen LogP contribution in [0.5, 0.6) is 5.75 Å². The van der Waals surface area contributed by atoms with Crippen molar-refractivity contribution in [2.75, 3.05) is 7.11 Å². The molecule has 138 valence electrons. The molecule has 1 amide bonds. The molecule has 27 heavy (non-hydrogen) atoms.